The van der Waals surface area contributed by atoms with E-state index in [2.05, 4.69) is 23.7 Å². The first-order valence-corrected chi connectivity index (χ1v) is 7.92. The Bertz CT molecular complexity index is 437. The molecular weight excluding hydrogens is 260 g/mol. The number of nitrogens with zero attached hydrogens (tertiary/aromatic N) is 2. The highest BCUT2D eigenvalue weighted by Gasteiger charge is 2.28. The van der Waals surface area contributed by atoms with Crippen LogP contribution in [0, 0.1) is 0 Å². The van der Waals surface area contributed by atoms with E-state index >= 15 is 0 Å². The molecule has 0 saturated heterocycles. The smallest absolute Gasteiger partial charge is 0.347 e. The van der Waals surface area contributed by atoms with Crippen molar-refractivity contribution in [3.63, 3.8) is 0 Å². The molecule has 0 atom stereocenters. The van der Waals surface area contributed by atoms with Gasteiger partial charge in [0, 0.05) is 18.9 Å². The van der Waals surface area contributed by atoms with Gasteiger partial charge in [0.25, 0.3) is 0 Å². The number of thiazole rings is 1. The maximum atomic E-state index is 11.3. The summed E-state index contributed by atoms with van der Waals surface area (Å²) in [7, 11) is 0. The van der Waals surface area contributed by atoms with Gasteiger partial charge in [0.05, 0.1) is 10.7 Å². The molecule has 2 rings (SSSR count). The number of hydrogen-bond acceptors (Lipinski definition) is 4. The van der Waals surface area contributed by atoms with Crippen molar-refractivity contribution < 1.29 is 9.90 Å². The summed E-state index contributed by atoms with van der Waals surface area (Å²) in [5.74, 6) is -0.418. The van der Waals surface area contributed by atoms with E-state index in [1.54, 1.807) is 0 Å². The lowest BCUT2D eigenvalue weighted by molar-refractivity contribution is 0.0699. The van der Waals surface area contributed by atoms with Crippen molar-refractivity contribution in [1.29, 1.82) is 0 Å². The second kappa shape index (κ2) is 6.48. The van der Waals surface area contributed by atoms with Crippen LogP contribution in [0.3, 0.4) is 0 Å². The number of aromatic nitrogens is 1. The van der Waals surface area contributed by atoms with Crippen LogP contribution in [0.25, 0.3) is 0 Å². The number of carboxylic acids is 1. The third kappa shape index (κ3) is 3.34. The molecule has 0 bridgehead atoms. The van der Waals surface area contributed by atoms with Gasteiger partial charge in [-0.1, -0.05) is 20.3 Å². The molecule has 0 amide bonds. The zero-order valence-corrected chi connectivity index (χ0v) is 12.5. The summed E-state index contributed by atoms with van der Waals surface area (Å²) < 4.78 is 0. The molecule has 1 aromatic rings. The second-order valence-electron chi connectivity index (χ2n) is 5.03. The van der Waals surface area contributed by atoms with Crippen LogP contribution in [0.1, 0.15) is 59.4 Å². The van der Waals surface area contributed by atoms with Gasteiger partial charge < -0.3 is 10.0 Å². The molecule has 1 N–H and O–H groups in total. The minimum Gasteiger partial charge on any atom is -0.477 e. The molecule has 1 aliphatic carbocycles. The molecule has 19 heavy (non-hydrogen) atoms. The van der Waals surface area contributed by atoms with Crippen LogP contribution in [0.2, 0.25) is 0 Å². The van der Waals surface area contributed by atoms with Gasteiger partial charge in [-0.3, -0.25) is 0 Å². The quantitative estimate of drug-likeness (QED) is 0.835. The maximum absolute atomic E-state index is 11.3. The van der Waals surface area contributed by atoms with Gasteiger partial charge in [0.1, 0.15) is 4.88 Å². The molecule has 1 fully saturated rings. The highest BCUT2D eigenvalue weighted by atomic mass is 32.1. The van der Waals surface area contributed by atoms with Gasteiger partial charge in [-0.25, -0.2) is 9.78 Å². The van der Waals surface area contributed by atoms with Crippen LogP contribution in [-0.2, 0) is 6.42 Å². The summed E-state index contributed by atoms with van der Waals surface area (Å²) in [5.41, 5.74) is 0.846. The van der Waals surface area contributed by atoms with Crippen LogP contribution >= 0.6 is 11.3 Å². The molecule has 0 aromatic carbocycles. The highest BCUT2D eigenvalue weighted by molar-refractivity contribution is 7.13. The molecule has 1 aromatic heterocycles. The van der Waals surface area contributed by atoms with Gasteiger partial charge in [-0.2, -0.15) is 0 Å². The fraction of sp³-hybridized carbons (Fsp3) is 0.714. The number of carboxylic acid groups (broad SMARTS) is 1. The van der Waals surface area contributed by atoms with Crippen molar-refractivity contribution in [2.75, 3.05) is 19.6 Å². The molecule has 5 heteroatoms. The summed E-state index contributed by atoms with van der Waals surface area (Å²) in [5, 5.41) is 10.3. The number of rotatable bonds is 7. The summed E-state index contributed by atoms with van der Waals surface area (Å²) in [4.78, 5) is 18.7. The lowest BCUT2D eigenvalue weighted by Gasteiger charge is -2.23. The standard InChI is InChI=1S/C14H22N2O2S/c1-3-16(4-2)9-8-11-15-12(10-6-5-7-10)13(19-11)14(17)18/h10H,3-9H2,1-2H3,(H,17,18). The van der Waals surface area contributed by atoms with Crippen molar-refractivity contribution in [1.82, 2.24) is 9.88 Å². The Morgan fingerprint density at radius 2 is 2.11 bits per heavy atom. The maximum Gasteiger partial charge on any atom is 0.347 e. The molecule has 106 valence electrons. The summed E-state index contributed by atoms with van der Waals surface area (Å²) in [6.07, 6.45) is 4.26. The fourth-order valence-electron chi connectivity index (χ4n) is 2.39. The van der Waals surface area contributed by atoms with Crippen molar-refractivity contribution in [2.45, 2.75) is 45.4 Å². The number of hydrogen-bond donors (Lipinski definition) is 1. The largest absolute Gasteiger partial charge is 0.477 e. The number of likely N-dealkylation sites (N-methyl/N-ethyl adjacent to an activating group) is 1. The Morgan fingerprint density at radius 3 is 2.58 bits per heavy atom. The van der Waals surface area contributed by atoms with E-state index in [1.165, 1.54) is 17.8 Å². The monoisotopic (exact) mass is 282 g/mol. The number of aromatic carboxylic acids is 1. The number of carbonyl (C=O) groups is 1. The Hall–Kier alpha value is -0.940. The SMILES string of the molecule is CCN(CC)CCc1nc(C2CCC2)c(C(=O)O)s1. The molecule has 0 radical (unpaired) electrons. The zero-order chi connectivity index (χ0) is 13.8. The lowest BCUT2D eigenvalue weighted by Crippen LogP contribution is -2.25. The molecule has 4 nitrogen and oxygen atoms in total. The Balaban J connectivity index is 2.07. The predicted molar refractivity (Wildman–Crippen MR) is 77.2 cm³/mol. The van der Waals surface area contributed by atoms with E-state index in [1.807, 2.05) is 0 Å². The summed E-state index contributed by atoms with van der Waals surface area (Å²) >= 11 is 1.37. The van der Waals surface area contributed by atoms with Gasteiger partial charge in [0.2, 0.25) is 0 Å². The van der Waals surface area contributed by atoms with E-state index in [9.17, 15) is 9.90 Å². The molecule has 0 aliphatic heterocycles. The second-order valence-corrected chi connectivity index (χ2v) is 6.12. The van der Waals surface area contributed by atoms with Gasteiger partial charge in [-0.05, 0) is 25.9 Å². The minimum absolute atomic E-state index is 0.393. The summed E-state index contributed by atoms with van der Waals surface area (Å²) in [6.45, 7) is 7.32. The van der Waals surface area contributed by atoms with Crippen LogP contribution < -0.4 is 0 Å². The molecule has 0 spiro atoms. The van der Waals surface area contributed by atoms with Crippen LogP contribution in [0.15, 0.2) is 0 Å². The minimum atomic E-state index is -0.812. The van der Waals surface area contributed by atoms with Crippen molar-refractivity contribution in [2.24, 2.45) is 0 Å². The van der Waals surface area contributed by atoms with Gasteiger partial charge in [-0.15, -0.1) is 11.3 Å². The first kappa shape index (κ1) is 14.5. The normalized spacial score (nSPS) is 15.7. The van der Waals surface area contributed by atoms with E-state index < -0.39 is 5.97 Å². The Kier molecular flexibility index (Phi) is 4.93. The van der Waals surface area contributed by atoms with E-state index in [0.717, 1.165) is 49.6 Å². The topological polar surface area (TPSA) is 53.4 Å². The fourth-order valence-corrected chi connectivity index (χ4v) is 3.37. The average molecular weight is 282 g/mol. The third-order valence-corrected chi connectivity index (χ3v) is 5.04. The van der Waals surface area contributed by atoms with Gasteiger partial charge >= 0.3 is 5.97 Å². The first-order valence-electron chi connectivity index (χ1n) is 7.10. The zero-order valence-electron chi connectivity index (χ0n) is 11.7. The molecule has 0 unspecified atom stereocenters. The summed E-state index contributed by atoms with van der Waals surface area (Å²) in [6, 6.07) is 0. The highest BCUT2D eigenvalue weighted by Crippen LogP contribution is 2.39. The third-order valence-electron chi connectivity index (χ3n) is 3.92. The van der Waals surface area contributed by atoms with Crippen molar-refractivity contribution in [3.05, 3.63) is 15.6 Å². The molecule has 1 saturated carbocycles. The predicted octanol–water partition coefficient (Wildman–Crippen LogP) is 2.99. The lowest BCUT2D eigenvalue weighted by atomic mass is 9.82. The Labute approximate surface area is 118 Å². The van der Waals surface area contributed by atoms with E-state index in [0.29, 0.717) is 10.8 Å². The molecule has 1 heterocycles. The van der Waals surface area contributed by atoms with E-state index in [4.69, 9.17) is 0 Å². The Morgan fingerprint density at radius 1 is 1.42 bits per heavy atom. The van der Waals surface area contributed by atoms with Crippen molar-refractivity contribution >= 4 is 17.3 Å². The van der Waals surface area contributed by atoms with E-state index in [-0.39, 0.29) is 0 Å². The van der Waals surface area contributed by atoms with Crippen LogP contribution in [0.4, 0.5) is 0 Å². The van der Waals surface area contributed by atoms with Crippen LogP contribution in [0.5, 0.6) is 0 Å². The van der Waals surface area contributed by atoms with Crippen LogP contribution in [-0.4, -0.2) is 40.6 Å². The van der Waals surface area contributed by atoms with Crippen molar-refractivity contribution in [3.8, 4) is 0 Å². The molecular formula is C14H22N2O2S. The first-order chi connectivity index (χ1) is 9.15. The van der Waals surface area contributed by atoms with Gasteiger partial charge in [0.15, 0.2) is 0 Å². The molecule has 1 aliphatic rings. The average Bonchev–Trinajstić information content (AvgIpc) is 2.72.